The second-order valence-corrected chi connectivity index (χ2v) is 7.15. The number of amides is 2. The van der Waals surface area contributed by atoms with Crippen LogP contribution >= 0.6 is 11.8 Å². The third kappa shape index (κ3) is 5.01. The number of hydrogen-bond acceptors (Lipinski definition) is 5. The quantitative estimate of drug-likeness (QED) is 0.442. The summed E-state index contributed by atoms with van der Waals surface area (Å²) in [5.41, 5.74) is 0.438. The zero-order valence-electron chi connectivity index (χ0n) is 15.9. The Morgan fingerprint density at radius 3 is 2.60 bits per heavy atom. The number of anilines is 1. The maximum absolute atomic E-state index is 13.2. The first-order valence-corrected chi connectivity index (χ1v) is 10.0. The summed E-state index contributed by atoms with van der Waals surface area (Å²) < 4.78 is 27.6. The average Bonchev–Trinajstić information content (AvgIpc) is 2.73. The summed E-state index contributed by atoms with van der Waals surface area (Å²) in [4.78, 5) is 41.0. The van der Waals surface area contributed by atoms with Gasteiger partial charge in [-0.25, -0.2) is 13.8 Å². The van der Waals surface area contributed by atoms with Gasteiger partial charge < -0.3 is 10.6 Å². The van der Waals surface area contributed by atoms with Crippen LogP contribution in [-0.2, 0) is 16.1 Å². The fraction of sp³-hybridized carbons (Fsp3) is 0.200. The summed E-state index contributed by atoms with van der Waals surface area (Å²) in [6, 6.07) is 9.91. The topological polar surface area (TPSA) is 93.1 Å². The maximum Gasteiger partial charge on any atom is 0.262 e. The van der Waals surface area contributed by atoms with E-state index in [1.54, 1.807) is 24.3 Å². The largest absolute Gasteiger partial charge is 0.346 e. The smallest absolute Gasteiger partial charge is 0.262 e. The molecular formula is C20H18F2N4O3S. The van der Waals surface area contributed by atoms with E-state index in [0.717, 1.165) is 23.9 Å². The molecule has 0 fully saturated rings. The van der Waals surface area contributed by atoms with Crippen LogP contribution in [0.2, 0.25) is 0 Å². The second kappa shape index (κ2) is 9.49. The van der Waals surface area contributed by atoms with Crippen LogP contribution in [0.25, 0.3) is 10.9 Å². The highest BCUT2D eigenvalue weighted by Crippen LogP contribution is 2.17. The molecule has 3 rings (SSSR count). The molecule has 1 aromatic heterocycles. The molecule has 0 unspecified atom stereocenters. The molecule has 0 aliphatic carbocycles. The van der Waals surface area contributed by atoms with Crippen molar-refractivity contribution in [2.45, 2.75) is 18.6 Å². The van der Waals surface area contributed by atoms with Crippen LogP contribution in [0, 0.1) is 11.6 Å². The Bertz CT molecular complexity index is 1170. The number of rotatable bonds is 7. The van der Waals surface area contributed by atoms with E-state index >= 15 is 0 Å². The Labute approximate surface area is 174 Å². The van der Waals surface area contributed by atoms with Crippen LogP contribution in [-0.4, -0.2) is 33.7 Å². The van der Waals surface area contributed by atoms with E-state index in [1.807, 2.05) is 6.92 Å². The molecule has 2 aromatic carbocycles. The highest BCUT2D eigenvalue weighted by molar-refractivity contribution is 7.99. The molecule has 30 heavy (non-hydrogen) atoms. The molecule has 0 radical (unpaired) electrons. The van der Waals surface area contributed by atoms with Crippen molar-refractivity contribution in [2.24, 2.45) is 0 Å². The van der Waals surface area contributed by atoms with Crippen molar-refractivity contribution in [3.05, 3.63) is 64.5 Å². The fourth-order valence-electron chi connectivity index (χ4n) is 2.68. The number of nitrogens with one attached hydrogen (secondary N) is 2. The van der Waals surface area contributed by atoms with Gasteiger partial charge >= 0.3 is 0 Å². The van der Waals surface area contributed by atoms with E-state index in [-0.39, 0.29) is 23.5 Å². The lowest BCUT2D eigenvalue weighted by atomic mass is 10.2. The predicted molar refractivity (Wildman–Crippen MR) is 110 cm³/mol. The lowest BCUT2D eigenvalue weighted by Crippen LogP contribution is -2.34. The zero-order valence-corrected chi connectivity index (χ0v) is 16.8. The Hall–Kier alpha value is -3.27. The highest BCUT2D eigenvalue weighted by atomic mass is 32.2. The minimum atomic E-state index is -1.09. The number of halogens is 2. The SMILES string of the molecule is CCn1c(SCC(=O)NCC(=O)Nc2ccc(F)c(F)c2)nc2ccccc2c1=O. The third-order valence-electron chi connectivity index (χ3n) is 4.12. The Morgan fingerprint density at radius 1 is 1.10 bits per heavy atom. The molecule has 7 nitrogen and oxygen atoms in total. The van der Waals surface area contributed by atoms with E-state index in [1.165, 1.54) is 10.6 Å². The molecule has 0 atom stereocenters. The molecule has 2 N–H and O–H groups in total. The van der Waals surface area contributed by atoms with Crippen molar-refractivity contribution >= 4 is 40.2 Å². The molecule has 0 aliphatic heterocycles. The number of aromatic nitrogens is 2. The van der Waals surface area contributed by atoms with Gasteiger partial charge in [-0.2, -0.15) is 0 Å². The molecule has 1 heterocycles. The summed E-state index contributed by atoms with van der Waals surface area (Å²) in [5, 5.41) is 5.70. The molecule has 0 saturated heterocycles. The first-order valence-electron chi connectivity index (χ1n) is 9.03. The number of hydrogen-bond donors (Lipinski definition) is 2. The van der Waals surface area contributed by atoms with Gasteiger partial charge in [-0.3, -0.25) is 19.0 Å². The van der Waals surface area contributed by atoms with E-state index < -0.39 is 23.4 Å². The molecule has 0 aliphatic rings. The van der Waals surface area contributed by atoms with Gasteiger partial charge in [0.25, 0.3) is 5.56 Å². The van der Waals surface area contributed by atoms with Crippen molar-refractivity contribution in [2.75, 3.05) is 17.6 Å². The van der Waals surface area contributed by atoms with E-state index in [9.17, 15) is 23.2 Å². The first kappa shape index (κ1) is 21.4. The van der Waals surface area contributed by atoms with Crippen molar-refractivity contribution in [3.8, 4) is 0 Å². The van der Waals surface area contributed by atoms with Gasteiger partial charge in [0.1, 0.15) is 0 Å². The van der Waals surface area contributed by atoms with E-state index in [0.29, 0.717) is 22.6 Å². The summed E-state index contributed by atoms with van der Waals surface area (Å²) in [6.45, 7) is 1.87. The number of carbonyl (C=O) groups excluding carboxylic acids is 2. The Morgan fingerprint density at radius 2 is 1.87 bits per heavy atom. The second-order valence-electron chi connectivity index (χ2n) is 6.20. The fourth-order valence-corrected chi connectivity index (χ4v) is 3.57. The summed E-state index contributed by atoms with van der Waals surface area (Å²) >= 11 is 1.08. The number of nitrogens with zero attached hydrogens (tertiary/aromatic N) is 2. The first-order chi connectivity index (χ1) is 14.4. The van der Waals surface area contributed by atoms with Gasteiger partial charge in [-0.1, -0.05) is 23.9 Å². The Kier molecular flexibility index (Phi) is 6.78. The van der Waals surface area contributed by atoms with Gasteiger partial charge in [0.2, 0.25) is 11.8 Å². The number of thioether (sulfide) groups is 1. The minimum Gasteiger partial charge on any atom is -0.346 e. The molecular weight excluding hydrogens is 414 g/mol. The lowest BCUT2D eigenvalue weighted by molar-refractivity contribution is -0.122. The number of fused-ring (bicyclic) bond motifs is 1. The van der Waals surface area contributed by atoms with Crippen molar-refractivity contribution in [3.63, 3.8) is 0 Å². The van der Waals surface area contributed by atoms with Crippen LogP contribution in [0.5, 0.6) is 0 Å². The number of para-hydroxylation sites is 1. The van der Waals surface area contributed by atoms with E-state index in [2.05, 4.69) is 15.6 Å². The van der Waals surface area contributed by atoms with Gasteiger partial charge in [-0.15, -0.1) is 0 Å². The average molecular weight is 432 g/mol. The van der Waals surface area contributed by atoms with Gasteiger partial charge in [0, 0.05) is 18.3 Å². The highest BCUT2D eigenvalue weighted by Gasteiger charge is 2.13. The van der Waals surface area contributed by atoms with Gasteiger partial charge in [0.15, 0.2) is 16.8 Å². The molecule has 0 spiro atoms. The maximum atomic E-state index is 13.2. The van der Waals surface area contributed by atoms with E-state index in [4.69, 9.17) is 0 Å². The molecule has 2 amide bonds. The molecule has 0 saturated carbocycles. The third-order valence-corrected chi connectivity index (χ3v) is 5.10. The van der Waals surface area contributed by atoms with Crippen LogP contribution in [0.4, 0.5) is 14.5 Å². The monoisotopic (exact) mass is 432 g/mol. The van der Waals surface area contributed by atoms with Crippen molar-refractivity contribution < 1.29 is 18.4 Å². The van der Waals surface area contributed by atoms with Crippen LogP contribution in [0.1, 0.15) is 6.92 Å². The standard InChI is InChI=1S/C20H18F2N4O3S/c1-2-26-19(29)13-5-3-4-6-16(13)25-20(26)30-11-18(28)23-10-17(27)24-12-7-8-14(21)15(22)9-12/h3-9H,2,10-11H2,1H3,(H,23,28)(H,24,27). The van der Waals surface area contributed by atoms with Gasteiger partial charge in [0.05, 0.1) is 23.2 Å². The van der Waals surface area contributed by atoms with Crippen molar-refractivity contribution in [1.29, 1.82) is 0 Å². The number of benzene rings is 2. The molecule has 3 aromatic rings. The normalized spacial score (nSPS) is 10.8. The lowest BCUT2D eigenvalue weighted by Gasteiger charge is -2.11. The minimum absolute atomic E-state index is 0.0523. The number of carbonyl (C=O) groups is 2. The summed E-state index contributed by atoms with van der Waals surface area (Å²) in [5.74, 6) is -3.19. The van der Waals surface area contributed by atoms with Crippen LogP contribution in [0.15, 0.2) is 52.4 Å². The Balaban J connectivity index is 1.57. The van der Waals surface area contributed by atoms with Crippen molar-refractivity contribution in [1.82, 2.24) is 14.9 Å². The zero-order chi connectivity index (χ0) is 21.7. The summed E-state index contributed by atoms with van der Waals surface area (Å²) in [7, 11) is 0. The molecule has 10 heteroatoms. The predicted octanol–water partition coefficient (Wildman–Crippen LogP) is 2.54. The van der Waals surface area contributed by atoms with Gasteiger partial charge in [-0.05, 0) is 31.2 Å². The van der Waals surface area contributed by atoms with Crippen LogP contribution < -0.4 is 16.2 Å². The molecule has 0 bridgehead atoms. The van der Waals surface area contributed by atoms with Crippen LogP contribution in [0.3, 0.4) is 0 Å². The summed E-state index contributed by atoms with van der Waals surface area (Å²) in [6.07, 6.45) is 0. The molecule has 156 valence electrons.